The van der Waals surface area contributed by atoms with Crippen molar-refractivity contribution in [2.24, 2.45) is 17.6 Å². The van der Waals surface area contributed by atoms with Crippen LogP contribution in [-0.4, -0.2) is 18.5 Å². The second-order valence-electron chi connectivity index (χ2n) is 4.19. The maximum absolute atomic E-state index is 12.7. The molecule has 2 fully saturated rings. The molecule has 1 heterocycles. The molecular formula is C11H11FN2O. The molecule has 0 aromatic heterocycles. The van der Waals surface area contributed by atoms with Gasteiger partial charge in [-0.1, -0.05) is 0 Å². The lowest BCUT2D eigenvalue weighted by Crippen LogP contribution is -2.33. The third kappa shape index (κ3) is 1.18. The molecule has 1 aromatic carbocycles. The predicted molar refractivity (Wildman–Crippen MR) is 53.7 cm³/mol. The van der Waals surface area contributed by atoms with E-state index in [0.29, 0.717) is 12.5 Å². The van der Waals surface area contributed by atoms with E-state index < -0.39 is 0 Å². The molecule has 78 valence electrons. The Balaban J connectivity index is 1.85. The molecule has 0 radical (unpaired) electrons. The Labute approximate surface area is 86.7 Å². The number of carbonyl (C=O) groups is 1. The fourth-order valence-electron chi connectivity index (χ4n) is 2.32. The average Bonchev–Trinajstić information content (AvgIpc) is 2.70. The summed E-state index contributed by atoms with van der Waals surface area (Å²) in [6, 6.07) is 6.04. The van der Waals surface area contributed by atoms with E-state index in [9.17, 15) is 9.18 Å². The number of nitrogens with zero attached hydrogens (tertiary/aromatic N) is 1. The molecule has 15 heavy (non-hydrogen) atoms. The Morgan fingerprint density at radius 1 is 1.33 bits per heavy atom. The summed E-state index contributed by atoms with van der Waals surface area (Å²) >= 11 is 0. The third-order valence-corrected chi connectivity index (χ3v) is 3.31. The molecule has 3 atom stereocenters. The normalized spacial score (nSPS) is 33.1. The van der Waals surface area contributed by atoms with Gasteiger partial charge in [0, 0.05) is 24.2 Å². The van der Waals surface area contributed by atoms with Gasteiger partial charge in [0.1, 0.15) is 5.82 Å². The summed E-state index contributed by atoms with van der Waals surface area (Å²) in [5, 5.41) is 0. The van der Waals surface area contributed by atoms with Crippen LogP contribution in [-0.2, 0) is 4.79 Å². The summed E-state index contributed by atoms with van der Waals surface area (Å²) in [5.74, 6) is 0.115. The van der Waals surface area contributed by atoms with Crippen LogP contribution in [0.2, 0.25) is 0 Å². The van der Waals surface area contributed by atoms with Gasteiger partial charge in [-0.15, -0.1) is 0 Å². The Bertz CT molecular complexity index is 417. The molecule has 2 N–H and O–H groups in total. The van der Waals surface area contributed by atoms with Crippen molar-refractivity contribution in [2.75, 3.05) is 11.4 Å². The largest absolute Gasteiger partial charge is 0.327 e. The smallest absolute Gasteiger partial charge is 0.232 e. The van der Waals surface area contributed by atoms with Crippen LogP contribution >= 0.6 is 0 Å². The molecule has 0 bridgehead atoms. The number of carbonyl (C=O) groups excluding carboxylic acids is 1. The van der Waals surface area contributed by atoms with E-state index in [1.165, 1.54) is 12.1 Å². The van der Waals surface area contributed by atoms with Crippen molar-refractivity contribution in [1.82, 2.24) is 0 Å². The van der Waals surface area contributed by atoms with Crippen molar-refractivity contribution < 1.29 is 9.18 Å². The van der Waals surface area contributed by atoms with Crippen LogP contribution < -0.4 is 10.6 Å². The molecule has 1 aliphatic heterocycles. The van der Waals surface area contributed by atoms with Gasteiger partial charge < -0.3 is 10.6 Å². The van der Waals surface area contributed by atoms with Crippen LogP contribution in [0.15, 0.2) is 24.3 Å². The van der Waals surface area contributed by atoms with E-state index in [2.05, 4.69) is 0 Å². The lowest BCUT2D eigenvalue weighted by molar-refractivity contribution is -0.118. The van der Waals surface area contributed by atoms with Crippen LogP contribution in [0.4, 0.5) is 10.1 Å². The van der Waals surface area contributed by atoms with Crippen LogP contribution in [0.25, 0.3) is 0 Å². The Hall–Kier alpha value is -1.42. The molecule has 4 heteroatoms. The summed E-state index contributed by atoms with van der Waals surface area (Å²) in [4.78, 5) is 13.5. The summed E-state index contributed by atoms with van der Waals surface area (Å²) in [7, 11) is 0. The highest BCUT2D eigenvalue weighted by Gasteiger charge is 2.60. The Morgan fingerprint density at radius 3 is 2.53 bits per heavy atom. The fraction of sp³-hybridized carbons (Fsp3) is 0.364. The number of hydrogen-bond donors (Lipinski definition) is 1. The quantitative estimate of drug-likeness (QED) is 0.736. The first-order valence-electron chi connectivity index (χ1n) is 5.01. The maximum Gasteiger partial charge on any atom is 0.232 e. The lowest BCUT2D eigenvalue weighted by Gasteiger charge is -2.19. The number of benzene rings is 1. The average molecular weight is 206 g/mol. The lowest BCUT2D eigenvalue weighted by atomic mass is 10.2. The van der Waals surface area contributed by atoms with Gasteiger partial charge in [0.15, 0.2) is 0 Å². The van der Waals surface area contributed by atoms with E-state index in [1.54, 1.807) is 17.0 Å². The second kappa shape index (κ2) is 2.79. The van der Waals surface area contributed by atoms with E-state index >= 15 is 0 Å². The van der Waals surface area contributed by atoms with Crippen molar-refractivity contribution in [1.29, 1.82) is 0 Å². The molecule has 1 saturated heterocycles. The van der Waals surface area contributed by atoms with E-state index in [4.69, 9.17) is 5.73 Å². The van der Waals surface area contributed by atoms with Crippen LogP contribution in [0.1, 0.15) is 0 Å². The molecule has 1 aromatic rings. The number of rotatable bonds is 1. The minimum Gasteiger partial charge on any atom is -0.327 e. The van der Waals surface area contributed by atoms with Gasteiger partial charge in [0.2, 0.25) is 5.91 Å². The topological polar surface area (TPSA) is 46.3 Å². The maximum atomic E-state index is 12.7. The molecule has 3 rings (SSSR count). The highest BCUT2D eigenvalue weighted by molar-refractivity contribution is 6.00. The van der Waals surface area contributed by atoms with Gasteiger partial charge in [-0.3, -0.25) is 4.79 Å². The predicted octanol–water partition coefficient (Wildman–Crippen LogP) is 0.746. The van der Waals surface area contributed by atoms with Crippen molar-refractivity contribution in [3.05, 3.63) is 30.1 Å². The van der Waals surface area contributed by atoms with Crippen molar-refractivity contribution in [2.45, 2.75) is 6.04 Å². The first-order chi connectivity index (χ1) is 7.18. The minimum atomic E-state index is -0.285. The number of piperidine rings is 1. The number of anilines is 1. The van der Waals surface area contributed by atoms with Gasteiger partial charge in [0.05, 0.1) is 5.92 Å². The Morgan fingerprint density at radius 2 is 2.00 bits per heavy atom. The molecule has 1 amide bonds. The molecule has 1 saturated carbocycles. The van der Waals surface area contributed by atoms with E-state index in [0.717, 1.165) is 5.69 Å². The summed E-state index contributed by atoms with van der Waals surface area (Å²) < 4.78 is 12.7. The van der Waals surface area contributed by atoms with Crippen LogP contribution in [0.3, 0.4) is 0 Å². The Kier molecular flexibility index (Phi) is 1.65. The molecule has 0 spiro atoms. The SMILES string of the molecule is NC1C2CN(c3ccc(F)cc3)C(=O)C12. The number of halogens is 1. The van der Waals surface area contributed by atoms with Crippen molar-refractivity contribution >= 4 is 11.6 Å². The zero-order chi connectivity index (χ0) is 10.6. The molecule has 3 unspecified atom stereocenters. The fourth-order valence-corrected chi connectivity index (χ4v) is 2.32. The monoisotopic (exact) mass is 206 g/mol. The highest BCUT2D eigenvalue weighted by Crippen LogP contribution is 2.46. The first-order valence-corrected chi connectivity index (χ1v) is 5.01. The van der Waals surface area contributed by atoms with E-state index in [-0.39, 0.29) is 23.7 Å². The summed E-state index contributed by atoms with van der Waals surface area (Å²) in [5.41, 5.74) is 6.48. The molecule has 3 nitrogen and oxygen atoms in total. The van der Waals surface area contributed by atoms with Gasteiger partial charge in [-0.05, 0) is 24.3 Å². The van der Waals surface area contributed by atoms with Gasteiger partial charge in [0.25, 0.3) is 0 Å². The zero-order valence-electron chi connectivity index (χ0n) is 8.06. The number of fused-ring (bicyclic) bond motifs is 1. The zero-order valence-corrected chi connectivity index (χ0v) is 8.06. The molecule has 2 aliphatic rings. The number of nitrogens with two attached hydrogens (primary N) is 1. The minimum absolute atomic E-state index is 0.00931. The van der Waals surface area contributed by atoms with Gasteiger partial charge in [-0.2, -0.15) is 0 Å². The molecule has 1 aliphatic carbocycles. The summed E-state index contributed by atoms with van der Waals surface area (Å²) in [6.45, 7) is 0.677. The van der Waals surface area contributed by atoms with E-state index in [1.807, 2.05) is 0 Å². The summed E-state index contributed by atoms with van der Waals surface area (Å²) in [6.07, 6.45) is 0. The van der Waals surface area contributed by atoms with Crippen LogP contribution in [0, 0.1) is 17.7 Å². The van der Waals surface area contributed by atoms with Gasteiger partial charge >= 0.3 is 0 Å². The standard InChI is InChI=1S/C11H11FN2O/c12-6-1-3-7(4-2-6)14-5-8-9(10(8)13)11(14)15/h1-4,8-10H,5,13H2. The van der Waals surface area contributed by atoms with Crippen molar-refractivity contribution in [3.63, 3.8) is 0 Å². The van der Waals surface area contributed by atoms with Crippen molar-refractivity contribution in [3.8, 4) is 0 Å². The third-order valence-electron chi connectivity index (χ3n) is 3.31. The molecular weight excluding hydrogens is 195 g/mol. The number of hydrogen-bond acceptors (Lipinski definition) is 2. The van der Waals surface area contributed by atoms with Gasteiger partial charge in [-0.25, -0.2) is 4.39 Å². The highest BCUT2D eigenvalue weighted by atomic mass is 19.1. The first kappa shape index (κ1) is 8.85. The number of amides is 1. The second-order valence-corrected chi connectivity index (χ2v) is 4.19. The van der Waals surface area contributed by atoms with Crippen LogP contribution in [0.5, 0.6) is 0 Å².